The Bertz CT molecular complexity index is 1000. The summed E-state index contributed by atoms with van der Waals surface area (Å²) >= 11 is 7.43. The van der Waals surface area contributed by atoms with Gasteiger partial charge in [0.25, 0.3) is 5.91 Å². The van der Waals surface area contributed by atoms with Crippen molar-refractivity contribution in [1.29, 1.82) is 0 Å². The molecule has 5 nitrogen and oxygen atoms in total. The van der Waals surface area contributed by atoms with Gasteiger partial charge in [0.05, 0.1) is 25.5 Å². The van der Waals surface area contributed by atoms with Crippen molar-refractivity contribution in [2.24, 2.45) is 0 Å². The molecule has 1 amide bonds. The fraction of sp³-hybridized carbons (Fsp3) is 0.200. The summed E-state index contributed by atoms with van der Waals surface area (Å²) < 4.78 is 10.6. The molecule has 1 heterocycles. The Balaban J connectivity index is 1.88. The number of benzene rings is 2. The van der Waals surface area contributed by atoms with Crippen molar-refractivity contribution >= 4 is 34.0 Å². The van der Waals surface area contributed by atoms with Gasteiger partial charge in [-0.05, 0) is 55.8 Å². The molecule has 7 heteroatoms. The smallest absolute Gasteiger partial charge is 0.261 e. The number of anilines is 1. The lowest BCUT2D eigenvalue weighted by Crippen LogP contribution is -2.13. The first-order chi connectivity index (χ1) is 12.9. The van der Waals surface area contributed by atoms with Gasteiger partial charge in [0.15, 0.2) is 5.13 Å². The number of hydrogen-bond acceptors (Lipinski definition) is 5. The van der Waals surface area contributed by atoms with Gasteiger partial charge in [-0.2, -0.15) is 0 Å². The monoisotopic (exact) mass is 402 g/mol. The van der Waals surface area contributed by atoms with Crippen molar-refractivity contribution < 1.29 is 14.3 Å². The van der Waals surface area contributed by atoms with E-state index in [0.29, 0.717) is 21.5 Å². The van der Waals surface area contributed by atoms with E-state index >= 15 is 0 Å². The predicted molar refractivity (Wildman–Crippen MR) is 110 cm³/mol. The van der Waals surface area contributed by atoms with E-state index in [1.165, 1.54) is 18.4 Å². The van der Waals surface area contributed by atoms with Crippen LogP contribution >= 0.6 is 22.9 Å². The quantitative estimate of drug-likeness (QED) is 0.624. The van der Waals surface area contributed by atoms with Crippen molar-refractivity contribution in [2.45, 2.75) is 13.8 Å². The number of halogens is 1. The second-order valence-corrected chi connectivity index (χ2v) is 7.55. The van der Waals surface area contributed by atoms with Crippen molar-refractivity contribution in [2.75, 3.05) is 19.5 Å². The molecule has 0 bridgehead atoms. The first-order valence-electron chi connectivity index (χ1n) is 8.20. The zero-order chi connectivity index (χ0) is 19.6. The Kier molecular flexibility index (Phi) is 5.68. The highest BCUT2D eigenvalue weighted by molar-refractivity contribution is 7.16. The lowest BCUT2D eigenvalue weighted by Gasteiger charge is -2.08. The van der Waals surface area contributed by atoms with Gasteiger partial charge in [-0.1, -0.05) is 11.6 Å². The van der Waals surface area contributed by atoms with Crippen LogP contribution in [0, 0.1) is 13.8 Å². The number of hydrogen-bond donors (Lipinski definition) is 1. The SMILES string of the molecule is COc1ccc(-c2nc(NC(=O)c3cc(Cl)ccc3OC)sc2C)cc1C. The number of nitrogens with zero attached hydrogens (tertiary/aromatic N) is 1. The van der Waals surface area contributed by atoms with Crippen LogP contribution in [0.4, 0.5) is 5.13 Å². The largest absolute Gasteiger partial charge is 0.496 e. The van der Waals surface area contributed by atoms with Gasteiger partial charge < -0.3 is 9.47 Å². The molecule has 0 radical (unpaired) electrons. The van der Waals surface area contributed by atoms with Crippen molar-refractivity contribution in [3.05, 3.63) is 57.4 Å². The van der Waals surface area contributed by atoms with Crippen LogP contribution in [0.15, 0.2) is 36.4 Å². The first-order valence-corrected chi connectivity index (χ1v) is 9.39. The Morgan fingerprint density at radius 3 is 2.44 bits per heavy atom. The van der Waals surface area contributed by atoms with Crippen LogP contribution in [0.3, 0.4) is 0 Å². The topological polar surface area (TPSA) is 60.5 Å². The molecule has 0 aliphatic rings. The van der Waals surface area contributed by atoms with E-state index in [0.717, 1.165) is 27.4 Å². The van der Waals surface area contributed by atoms with Gasteiger partial charge in [-0.3, -0.25) is 10.1 Å². The maximum Gasteiger partial charge on any atom is 0.261 e. The molecular formula is C20H19ClN2O3S. The molecule has 1 N–H and O–H groups in total. The molecular weight excluding hydrogens is 384 g/mol. The fourth-order valence-electron chi connectivity index (χ4n) is 2.77. The Morgan fingerprint density at radius 2 is 1.78 bits per heavy atom. The van der Waals surface area contributed by atoms with Crippen LogP contribution in [-0.2, 0) is 0 Å². The summed E-state index contributed by atoms with van der Waals surface area (Å²) in [5.41, 5.74) is 3.19. The highest BCUT2D eigenvalue weighted by Gasteiger charge is 2.17. The molecule has 0 fully saturated rings. The number of amides is 1. The minimum Gasteiger partial charge on any atom is -0.496 e. The summed E-state index contributed by atoms with van der Waals surface area (Å²) in [6, 6.07) is 10.8. The molecule has 0 saturated heterocycles. The van der Waals surface area contributed by atoms with Crippen LogP contribution in [0.25, 0.3) is 11.3 Å². The van der Waals surface area contributed by atoms with E-state index < -0.39 is 0 Å². The normalized spacial score (nSPS) is 10.6. The average molecular weight is 403 g/mol. The van der Waals surface area contributed by atoms with Crippen molar-refractivity contribution in [1.82, 2.24) is 4.98 Å². The maximum absolute atomic E-state index is 12.6. The van der Waals surface area contributed by atoms with Crippen molar-refractivity contribution in [3.63, 3.8) is 0 Å². The molecule has 27 heavy (non-hydrogen) atoms. The maximum atomic E-state index is 12.6. The third-order valence-corrected chi connectivity index (χ3v) is 5.21. The number of aryl methyl sites for hydroxylation is 2. The molecule has 0 atom stereocenters. The molecule has 3 aromatic rings. The lowest BCUT2D eigenvalue weighted by molar-refractivity contribution is 0.102. The number of carbonyl (C=O) groups is 1. The molecule has 0 spiro atoms. The minimum absolute atomic E-state index is 0.319. The molecule has 0 unspecified atom stereocenters. The summed E-state index contributed by atoms with van der Waals surface area (Å²) in [7, 11) is 3.16. The molecule has 2 aromatic carbocycles. The number of aromatic nitrogens is 1. The van der Waals surface area contributed by atoms with E-state index in [-0.39, 0.29) is 5.91 Å². The van der Waals surface area contributed by atoms with Gasteiger partial charge in [-0.25, -0.2) is 4.98 Å². The van der Waals surface area contributed by atoms with Crippen LogP contribution in [-0.4, -0.2) is 25.1 Å². The highest BCUT2D eigenvalue weighted by atomic mass is 35.5. The molecule has 140 valence electrons. The summed E-state index contributed by atoms with van der Waals surface area (Å²) in [6.45, 7) is 3.96. The van der Waals surface area contributed by atoms with E-state index in [9.17, 15) is 4.79 Å². The number of ether oxygens (including phenoxy) is 2. The van der Waals surface area contributed by atoms with Gasteiger partial charge in [-0.15, -0.1) is 11.3 Å². The molecule has 0 saturated carbocycles. The molecule has 3 rings (SSSR count). The number of thiazole rings is 1. The zero-order valence-corrected chi connectivity index (χ0v) is 17.0. The van der Waals surface area contributed by atoms with E-state index in [1.807, 2.05) is 32.0 Å². The third-order valence-electron chi connectivity index (χ3n) is 4.09. The van der Waals surface area contributed by atoms with Gasteiger partial charge in [0.1, 0.15) is 11.5 Å². The molecule has 0 aliphatic carbocycles. The van der Waals surface area contributed by atoms with Crippen molar-refractivity contribution in [3.8, 4) is 22.8 Å². The summed E-state index contributed by atoms with van der Waals surface area (Å²) in [5, 5.41) is 3.81. The summed E-state index contributed by atoms with van der Waals surface area (Å²) in [4.78, 5) is 18.2. The lowest BCUT2D eigenvalue weighted by atomic mass is 10.1. The van der Waals surface area contributed by atoms with Crippen LogP contribution in [0.2, 0.25) is 5.02 Å². The van der Waals surface area contributed by atoms with Crippen LogP contribution in [0.1, 0.15) is 20.8 Å². The van der Waals surface area contributed by atoms with E-state index in [4.69, 9.17) is 21.1 Å². The van der Waals surface area contributed by atoms with E-state index in [2.05, 4.69) is 10.3 Å². The Hall–Kier alpha value is -2.57. The minimum atomic E-state index is -0.319. The second kappa shape index (κ2) is 7.98. The molecule has 0 aliphatic heterocycles. The zero-order valence-electron chi connectivity index (χ0n) is 15.4. The summed E-state index contributed by atoms with van der Waals surface area (Å²) in [6.07, 6.45) is 0. The number of nitrogens with one attached hydrogen (secondary N) is 1. The number of carbonyl (C=O) groups excluding carboxylic acids is 1. The number of rotatable bonds is 5. The fourth-order valence-corrected chi connectivity index (χ4v) is 3.77. The first kappa shape index (κ1) is 19.2. The van der Waals surface area contributed by atoms with E-state index in [1.54, 1.807) is 25.3 Å². The standard InChI is InChI=1S/C20H19ClN2O3S/c1-11-9-13(5-7-16(11)25-3)18-12(2)27-20(22-18)23-19(24)15-10-14(21)6-8-17(15)26-4/h5-10H,1-4H3,(H,22,23,24). The van der Waals surface area contributed by atoms with Crippen LogP contribution in [0.5, 0.6) is 11.5 Å². The number of methoxy groups -OCH3 is 2. The Labute approximate surface area is 166 Å². The average Bonchev–Trinajstić information content (AvgIpc) is 3.01. The van der Waals surface area contributed by atoms with Gasteiger partial charge in [0.2, 0.25) is 0 Å². The third kappa shape index (κ3) is 4.07. The summed E-state index contributed by atoms with van der Waals surface area (Å²) in [5.74, 6) is 0.963. The Morgan fingerprint density at radius 1 is 1.07 bits per heavy atom. The highest BCUT2D eigenvalue weighted by Crippen LogP contribution is 2.33. The second-order valence-electron chi connectivity index (χ2n) is 5.91. The molecule has 1 aromatic heterocycles. The van der Waals surface area contributed by atoms with Crippen LogP contribution < -0.4 is 14.8 Å². The van der Waals surface area contributed by atoms with Gasteiger partial charge >= 0.3 is 0 Å². The van der Waals surface area contributed by atoms with Gasteiger partial charge in [0, 0.05) is 15.5 Å². The predicted octanol–water partition coefficient (Wildman–Crippen LogP) is 5.35.